The SMILES string of the molecule is Fc1c(F)c2c(c(F)c1-c1c(F)c(F)c3c(c1F)C(F)(F)C(F)(F)C(F)(F)C3(F)F)C(F)(F)C(F)(F)C(F)(F)C2(F)F. The molecule has 0 saturated heterocycles. The molecule has 2 aliphatic rings. The Labute approximate surface area is 213 Å². The Hall–Kier alpha value is -3.10. The zero-order valence-corrected chi connectivity index (χ0v) is 18.3. The van der Waals surface area contributed by atoms with Crippen molar-refractivity contribution in [1.29, 1.82) is 0 Å². The van der Waals surface area contributed by atoms with Gasteiger partial charge in [0.05, 0.1) is 33.4 Å². The molecule has 0 unspecified atom stereocenters. The minimum Gasteiger partial charge on any atom is -0.206 e. The highest BCUT2D eigenvalue weighted by molar-refractivity contribution is 5.72. The van der Waals surface area contributed by atoms with Crippen LogP contribution in [0.25, 0.3) is 11.1 Å². The average molecular weight is 658 g/mol. The van der Waals surface area contributed by atoms with Crippen LogP contribution in [0.5, 0.6) is 0 Å². The van der Waals surface area contributed by atoms with E-state index in [0.717, 1.165) is 0 Å². The van der Waals surface area contributed by atoms with Crippen LogP contribution in [0.3, 0.4) is 0 Å². The molecule has 0 amide bonds. The van der Waals surface area contributed by atoms with Crippen molar-refractivity contribution in [2.24, 2.45) is 0 Å². The lowest BCUT2D eigenvalue weighted by atomic mass is 9.76. The Morgan fingerprint density at radius 2 is 0.405 bits per heavy atom. The van der Waals surface area contributed by atoms with Crippen LogP contribution >= 0.6 is 0 Å². The highest BCUT2D eigenvalue weighted by Crippen LogP contribution is 2.68. The summed E-state index contributed by atoms with van der Waals surface area (Å²) in [5.74, 6) is -82.1. The normalized spacial score (nSPS) is 25.0. The summed E-state index contributed by atoms with van der Waals surface area (Å²) < 4.78 is 311. The van der Waals surface area contributed by atoms with E-state index in [4.69, 9.17) is 0 Å². The van der Waals surface area contributed by atoms with Crippen LogP contribution in [0, 0.1) is 34.9 Å². The lowest BCUT2D eigenvalue weighted by Crippen LogP contribution is -2.64. The summed E-state index contributed by atoms with van der Waals surface area (Å²) in [6, 6.07) is 0. The van der Waals surface area contributed by atoms with Crippen molar-refractivity contribution in [2.75, 3.05) is 0 Å². The first-order valence-electron chi connectivity index (χ1n) is 9.91. The molecule has 42 heavy (non-hydrogen) atoms. The first kappa shape index (κ1) is 31.8. The largest absolute Gasteiger partial charge is 0.383 e. The maximum atomic E-state index is 15.0. The molecule has 234 valence electrons. The molecule has 2 aliphatic carbocycles. The highest BCUT2D eigenvalue weighted by atomic mass is 19.4. The van der Waals surface area contributed by atoms with Gasteiger partial charge in [0, 0.05) is 0 Å². The van der Waals surface area contributed by atoms with E-state index in [0.29, 0.717) is 0 Å². The lowest BCUT2D eigenvalue weighted by molar-refractivity contribution is -0.388. The van der Waals surface area contributed by atoms with Crippen LogP contribution in [0.2, 0.25) is 0 Å². The van der Waals surface area contributed by atoms with Gasteiger partial charge in [0.2, 0.25) is 0 Å². The molecule has 2 aromatic carbocycles. The number of halogens is 22. The molecular formula is C20F22. The number of fused-ring (bicyclic) bond motifs is 2. The van der Waals surface area contributed by atoms with Crippen LogP contribution in [-0.4, -0.2) is 23.7 Å². The van der Waals surface area contributed by atoms with Gasteiger partial charge in [-0.1, -0.05) is 0 Å². The Bertz CT molecular complexity index is 1430. The van der Waals surface area contributed by atoms with E-state index in [1.807, 2.05) is 0 Å². The molecule has 0 radical (unpaired) electrons. The summed E-state index contributed by atoms with van der Waals surface area (Å²) in [5.41, 5.74) is -23.2. The smallest absolute Gasteiger partial charge is 0.206 e. The highest BCUT2D eigenvalue weighted by Gasteiger charge is 2.88. The van der Waals surface area contributed by atoms with E-state index in [-0.39, 0.29) is 0 Å². The van der Waals surface area contributed by atoms with Crippen LogP contribution in [-0.2, 0) is 23.7 Å². The van der Waals surface area contributed by atoms with Crippen molar-refractivity contribution in [2.45, 2.75) is 47.4 Å². The van der Waals surface area contributed by atoms with Gasteiger partial charge in [0.15, 0.2) is 23.3 Å². The van der Waals surface area contributed by atoms with Gasteiger partial charge in [0.25, 0.3) is 0 Å². The van der Waals surface area contributed by atoms with Crippen molar-refractivity contribution in [1.82, 2.24) is 0 Å². The third kappa shape index (κ3) is 2.95. The molecule has 0 fully saturated rings. The van der Waals surface area contributed by atoms with E-state index in [2.05, 4.69) is 0 Å². The van der Waals surface area contributed by atoms with Crippen LogP contribution in [0.15, 0.2) is 0 Å². The van der Waals surface area contributed by atoms with E-state index >= 15 is 8.78 Å². The van der Waals surface area contributed by atoms with Crippen molar-refractivity contribution in [3.63, 3.8) is 0 Å². The minimum absolute atomic E-state index is 3.60. The summed E-state index contributed by atoms with van der Waals surface area (Å²) in [5, 5.41) is 0. The van der Waals surface area contributed by atoms with Gasteiger partial charge in [-0.15, -0.1) is 0 Å². The Morgan fingerprint density at radius 3 is 0.595 bits per heavy atom. The van der Waals surface area contributed by atoms with Gasteiger partial charge < -0.3 is 0 Å². The molecule has 0 aromatic heterocycles. The van der Waals surface area contributed by atoms with E-state index in [1.54, 1.807) is 0 Å². The molecular weight excluding hydrogens is 658 g/mol. The summed E-state index contributed by atoms with van der Waals surface area (Å²) in [4.78, 5) is 0. The quantitative estimate of drug-likeness (QED) is 0.212. The third-order valence-electron chi connectivity index (χ3n) is 6.51. The molecule has 22 heteroatoms. The Morgan fingerprint density at radius 1 is 0.238 bits per heavy atom. The first-order valence-corrected chi connectivity index (χ1v) is 9.91. The molecule has 0 nitrogen and oxygen atoms in total. The van der Waals surface area contributed by atoms with Crippen molar-refractivity contribution < 1.29 is 96.6 Å². The zero-order valence-electron chi connectivity index (χ0n) is 18.3. The molecule has 0 N–H and O–H groups in total. The Balaban J connectivity index is 2.28. The molecule has 0 heterocycles. The number of rotatable bonds is 1. The zero-order chi connectivity index (χ0) is 32.9. The van der Waals surface area contributed by atoms with E-state index in [1.165, 1.54) is 0 Å². The van der Waals surface area contributed by atoms with E-state index < -0.39 is 116 Å². The van der Waals surface area contributed by atoms with Gasteiger partial charge in [-0.3, -0.25) is 0 Å². The van der Waals surface area contributed by atoms with Gasteiger partial charge in [-0.05, 0) is 0 Å². The molecule has 0 atom stereocenters. The van der Waals surface area contributed by atoms with Gasteiger partial charge in [0.1, 0.15) is 11.6 Å². The molecule has 0 saturated carbocycles. The summed E-state index contributed by atoms with van der Waals surface area (Å²) in [6.07, 6.45) is 0. The average Bonchev–Trinajstić information content (AvgIpc) is 2.82. The third-order valence-corrected chi connectivity index (χ3v) is 6.51. The van der Waals surface area contributed by atoms with Gasteiger partial charge in [-0.2, -0.15) is 70.2 Å². The summed E-state index contributed by atoms with van der Waals surface area (Å²) in [6.45, 7) is 0. The lowest BCUT2D eigenvalue weighted by Gasteiger charge is -2.43. The summed E-state index contributed by atoms with van der Waals surface area (Å²) >= 11 is 0. The molecule has 2 aromatic rings. The maximum absolute atomic E-state index is 15.0. The second-order valence-electron chi connectivity index (χ2n) is 8.73. The predicted molar refractivity (Wildman–Crippen MR) is 87.0 cm³/mol. The molecule has 0 spiro atoms. The second-order valence-corrected chi connectivity index (χ2v) is 8.73. The van der Waals surface area contributed by atoms with Gasteiger partial charge in [-0.25, -0.2) is 26.3 Å². The van der Waals surface area contributed by atoms with Crippen molar-refractivity contribution in [3.05, 3.63) is 57.2 Å². The number of alkyl halides is 16. The van der Waals surface area contributed by atoms with Gasteiger partial charge >= 0.3 is 47.4 Å². The van der Waals surface area contributed by atoms with E-state index in [9.17, 15) is 87.8 Å². The van der Waals surface area contributed by atoms with Crippen LogP contribution < -0.4 is 0 Å². The molecule has 0 aliphatic heterocycles. The standard InChI is InChI=1S/C20F22/c21-7-1(9(23)11(25)5-3(7)13(27,28)17(35,36)19(39,40)15(5,31)32)2-8(22)4-6(12(26)10(2)24)16(33,34)20(41,42)18(37,38)14(4,29)30. The fraction of sp³-hybridized carbons (Fsp3) is 0.400. The predicted octanol–water partition coefficient (Wildman–Crippen LogP) is 9.12. The number of hydrogen-bond acceptors (Lipinski definition) is 0. The topological polar surface area (TPSA) is 0 Å². The monoisotopic (exact) mass is 658 g/mol. The number of hydrogen-bond donors (Lipinski definition) is 0. The molecule has 0 bridgehead atoms. The van der Waals surface area contributed by atoms with Crippen LogP contribution in [0.1, 0.15) is 22.3 Å². The maximum Gasteiger partial charge on any atom is 0.383 e. The Kier molecular flexibility index (Phi) is 5.98. The fourth-order valence-corrected chi connectivity index (χ4v) is 4.36. The van der Waals surface area contributed by atoms with Crippen LogP contribution in [0.4, 0.5) is 96.6 Å². The second kappa shape index (κ2) is 7.88. The fourth-order valence-electron chi connectivity index (χ4n) is 4.36. The van der Waals surface area contributed by atoms with Crippen molar-refractivity contribution in [3.8, 4) is 11.1 Å². The van der Waals surface area contributed by atoms with Crippen molar-refractivity contribution >= 4 is 0 Å². The first-order chi connectivity index (χ1) is 18.5. The summed E-state index contributed by atoms with van der Waals surface area (Å²) in [7, 11) is 0. The number of benzene rings is 2. The molecule has 4 rings (SSSR count). The minimum atomic E-state index is -7.50.